The molecule has 1 N–H and O–H groups in total. The van der Waals surface area contributed by atoms with Crippen LogP contribution in [0.2, 0.25) is 0 Å². The predicted molar refractivity (Wildman–Crippen MR) is 90.5 cm³/mol. The van der Waals surface area contributed by atoms with Crippen LogP contribution in [0.4, 0.5) is 0 Å². The molecule has 2 heterocycles. The molecule has 1 aromatic heterocycles. The fraction of sp³-hybridized carbons (Fsp3) is 0.250. The number of H-pyrrole nitrogens is 1. The number of Topliss-reactive ketones (excluding diaryl/α,β-unsaturated/α-hetero) is 1. The van der Waals surface area contributed by atoms with Crippen LogP contribution in [-0.2, 0) is 16.6 Å². The highest BCUT2D eigenvalue weighted by Gasteiger charge is 2.50. The lowest BCUT2D eigenvalue weighted by molar-refractivity contribution is -0.120. The number of aromatic nitrogens is 1. The number of hydrogen-bond donors (Lipinski definition) is 1. The van der Waals surface area contributed by atoms with Gasteiger partial charge >= 0.3 is 0 Å². The first-order valence-electron chi connectivity index (χ1n) is 8.24. The van der Waals surface area contributed by atoms with Gasteiger partial charge in [-0.05, 0) is 53.6 Å². The molecule has 2 aromatic carbocycles. The molecular formula is C20H17NO3. The summed E-state index contributed by atoms with van der Waals surface area (Å²) in [6, 6.07) is 14.1. The first-order valence-corrected chi connectivity index (χ1v) is 8.24. The standard InChI is InChI=1S/C20H17NO3/c22-19(10-13-1-2-14-5-8-21-16(14)9-13)20(6-7-20)15-3-4-17-18(11-15)24-12-23-17/h1-5,8-9,11,21H,6-7,10,12H2. The quantitative estimate of drug-likeness (QED) is 0.797. The van der Waals surface area contributed by atoms with Crippen molar-refractivity contribution < 1.29 is 14.3 Å². The van der Waals surface area contributed by atoms with Crippen molar-refractivity contribution in [3.05, 3.63) is 59.8 Å². The average Bonchev–Trinajstić information content (AvgIpc) is 3.05. The van der Waals surface area contributed by atoms with Crippen molar-refractivity contribution in [3.8, 4) is 11.5 Å². The first kappa shape index (κ1) is 13.7. The number of benzene rings is 2. The Bertz CT molecular complexity index is 952. The van der Waals surface area contributed by atoms with E-state index < -0.39 is 0 Å². The fourth-order valence-corrected chi connectivity index (χ4v) is 3.61. The van der Waals surface area contributed by atoms with E-state index in [9.17, 15) is 4.79 Å². The van der Waals surface area contributed by atoms with Gasteiger partial charge in [0.2, 0.25) is 6.79 Å². The highest BCUT2D eigenvalue weighted by Crippen LogP contribution is 2.51. The molecule has 0 unspecified atom stereocenters. The van der Waals surface area contributed by atoms with Gasteiger partial charge in [0, 0.05) is 18.1 Å². The van der Waals surface area contributed by atoms with Crippen molar-refractivity contribution >= 4 is 16.7 Å². The SMILES string of the molecule is O=C(Cc1ccc2cc[nH]c2c1)C1(c2ccc3c(c2)OCO3)CC1. The highest BCUT2D eigenvalue weighted by atomic mass is 16.7. The number of nitrogens with one attached hydrogen (secondary N) is 1. The Kier molecular flexibility index (Phi) is 2.77. The van der Waals surface area contributed by atoms with Crippen LogP contribution >= 0.6 is 0 Å². The zero-order valence-corrected chi connectivity index (χ0v) is 13.2. The minimum Gasteiger partial charge on any atom is -0.454 e. The number of carbonyl (C=O) groups is 1. The van der Waals surface area contributed by atoms with Crippen LogP contribution in [0.3, 0.4) is 0 Å². The molecule has 0 bridgehead atoms. The van der Waals surface area contributed by atoms with Crippen LogP contribution in [-0.4, -0.2) is 17.6 Å². The monoisotopic (exact) mass is 319 g/mol. The summed E-state index contributed by atoms with van der Waals surface area (Å²) in [6.07, 6.45) is 4.21. The predicted octanol–water partition coefficient (Wildman–Crippen LogP) is 3.74. The van der Waals surface area contributed by atoms with Crippen molar-refractivity contribution in [3.63, 3.8) is 0 Å². The number of rotatable bonds is 4. The number of carbonyl (C=O) groups excluding carboxylic acids is 1. The van der Waals surface area contributed by atoms with Crippen molar-refractivity contribution in [2.24, 2.45) is 0 Å². The second-order valence-corrected chi connectivity index (χ2v) is 6.65. The Morgan fingerprint density at radius 2 is 1.92 bits per heavy atom. The molecular weight excluding hydrogens is 302 g/mol. The summed E-state index contributed by atoms with van der Waals surface area (Å²) in [5.41, 5.74) is 2.85. The zero-order valence-electron chi connectivity index (χ0n) is 13.2. The van der Waals surface area contributed by atoms with Gasteiger partial charge in [-0.15, -0.1) is 0 Å². The molecule has 24 heavy (non-hydrogen) atoms. The van der Waals surface area contributed by atoms with Gasteiger partial charge < -0.3 is 14.5 Å². The number of ketones is 1. The molecule has 4 nitrogen and oxygen atoms in total. The maximum absolute atomic E-state index is 13.0. The minimum absolute atomic E-state index is 0.260. The van der Waals surface area contributed by atoms with E-state index in [0.29, 0.717) is 6.42 Å². The van der Waals surface area contributed by atoms with Crippen LogP contribution in [0.5, 0.6) is 11.5 Å². The highest BCUT2D eigenvalue weighted by molar-refractivity contribution is 5.95. The van der Waals surface area contributed by atoms with E-state index in [1.54, 1.807) is 0 Å². The van der Waals surface area contributed by atoms with E-state index in [0.717, 1.165) is 41.0 Å². The molecule has 0 spiro atoms. The number of fused-ring (bicyclic) bond motifs is 2. The molecule has 1 fully saturated rings. The Morgan fingerprint density at radius 3 is 2.79 bits per heavy atom. The molecule has 0 saturated heterocycles. The molecule has 0 atom stereocenters. The van der Waals surface area contributed by atoms with E-state index in [-0.39, 0.29) is 18.0 Å². The topological polar surface area (TPSA) is 51.3 Å². The second kappa shape index (κ2) is 4.87. The van der Waals surface area contributed by atoms with E-state index in [4.69, 9.17) is 9.47 Å². The summed E-state index contributed by atoms with van der Waals surface area (Å²) >= 11 is 0. The molecule has 0 radical (unpaired) electrons. The summed E-state index contributed by atoms with van der Waals surface area (Å²) in [6.45, 7) is 0.260. The first-order chi connectivity index (χ1) is 11.7. The fourth-order valence-electron chi connectivity index (χ4n) is 3.61. The molecule has 1 saturated carbocycles. The van der Waals surface area contributed by atoms with Gasteiger partial charge in [0.25, 0.3) is 0 Å². The summed E-state index contributed by atoms with van der Waals surface area (Å²) in [7, 11) is 0. The van der Waals surface area contributed by atoms with E-state index in [1.807, 2.05) is 36.5 Å². The van der Waals surface area contributed by atoms with Crippen LogP contribution in [0.1, 0.15) is 24.0 Å². The van der Waals surface area contributed by atoms with Crippen LogP contribution in [0.25, 0.3) is 10.9 Å². The van der Waals surface area contributed by atoms with Gasteiger partial charge in [-0.1, -0.05) is 18.2 Å². The number of hydrogen-bond acceptors (Lipinski definition) is 3. The third-order valence-corrected chi connectivity index (χ3v) is 5.19. The van der Waals surface area contributed by atoms with Gasteiger partial charge in [0.1, 0.15) is 5.78 Å². The maximum atomic E-state index is 13.0. The average molecular weight is 319 g/mol. The van der Waals surface area contributed by atoms with Gasteiger partial charge in [-0.25, -0.2) is 0 Å². The van der Waals surface area contributed by atoms with Crippen molar-refractivity contribution in [2.45, 2.75) is 24.7 Å². The lowest BCUT2D eigenvalue weighted by atomic mass is 9.87. The molecule has 0 amide bonds. The Balaban J connectivity index is 1.43. The summed E-state index contributed by atoms with van der Waals surface area (Å²) in [4.78, 5) is 16.2. The number of ether oxygens (including phenoxy) is 2. The third kappa shape index (κ3) is 2.03. The molecule has 1 aliphatic carbocycles. The van der Waals surface area contributed by atoms with E-state index >= 15 is 0 Å². The largest absolute Gasteiger partial charge is 0.454 e. The normalized spacial score (nSPS) is 17.2. The van der Waals surface area contributed by atoms with Crippen LogP contribution < -0.4 is 9.47 Å². The van der Waals surface area contributed by atoms with E-state index in [2.05, 4.69) is 17.1 Å². The van der Waals surface area contributed by atoms with Crippen molar-refractivity contribution in [2.75, 3.05) is 6.79 Å². The van der Waals surface area contributed by atoms with Gasteiger partial charge in [-0.2, -0.15) is 0 Å². The van der Waals surface area contributed by atoms with Crippen LogP contribution in [0.15, 0.2) is 48.7 Å². The van der Waals surface area contributed by atoms with Crippen molar-refractivity contribution in [1.82, 2.24) is 4.98 Å². The van der Waals surface area contributed by atoms with Gasteiger partial charge in [0.15, 0.2) is 11.5 Å². The third-order valence-electron chi connectivity index (χ3n) is 5.19. The second-order valence-electron chi connectivity index (χ2n) is 6.65. The van der Waals surface area contributed by atoms with Crippen molar-refractivity contribution in [1.29, 1.82) is 0 Å². The molecule has 3 aromatic rings. The smallest absolute Gasteiger partial charge is 0.231 e. The summed E-state index contributed by atoms with van der Waals surface area (Å²) in [5.74, 6) is 1.80. The van der Waals surface area contributed by atoms with Crippen LogP contribution in [0, 0.1) is 0 Å². The summed E-state index contributed by atoms with van der Waals surface area (Å²) < 4.78 is 10.8. The molecule has 4 heteroatoms. The van der Waals surface area contributed by atoms with E-state index in [1.165, 1.54) is 5.39 Å². The molecule has 120 valence electrons. The lowest BCUT2D eigenvalue weighted by Gasteiger charge is -2.15. The molecule has 5 rings (SSSR count). The lowest BCUT2D eigenvalue weighted by Crippen LogP contribution is -2.22. The summed E-state index contributed by atoms with van der Waals surface area (Å²) in [5, 5.41) is 1.17. The Morgan fingerprint density at radius 1 is 1.04 bits per heavy atom. The van der Waals surface area contributed by atoms with Gasteiger partial charge in [0.05, 0.1) is 5.41 Å². The van der Waals surface area contributed by atoms with Gasteiger partial charge in [-0.3, -0.25) is 4.79 Å². The molecule has 2 aliphatic rings. The molecule has 1 aliphatic heterocycles. The zero-order chi connectivity index (χ0) is 16.1. The maximum Gasteiger partial charge on any atom is 0.231 e. The Labute approximate surface area is 139 Å². The number of aromatic amines is 1. The minimum atomic E-state index is -0.342. The Hall–Kier alpha value is -2.75.